The molecule has 1 aromatic heterocycles. The zero-order valence-corrected chi connectivity index (χ0v) is 12.8. The molecular weight excluding hydrogens is 285 g/mol. The van der Waals surface area contributed by atoms with Crippen molar-refractivity contribution in [1.29, 1.82) is 0 Å². The van der Waals surface area contributed by atoms with Crippen LogP contribution >= 0.6 is 11.3 Å². The number of benzene rings is 1. The van der Waals surface area contributed by atoms with Gasteiger partial charge in [0.15, 0.2) is 0 Å². The number of nitrogens with zero attached hydrogens (tertiary/aromatic N) is 1. The van der Waals surface area contributed by atoms with E-state index in [0.29, 0.717) is 17.7 Å². The summed E-state index contributed by atoms with van der Waals surface area (Å²) in [7, 11) is 0. The Balaban J connectivity index is 2.07. The lowest BCUT2D eigenvalue weighted by Crippen LogP contribution is -2.22. The molecular formula is C17H18FNOS. The molecule has 0 bridgehead atoms. The fourth-order valence-electron chi connectivity index (χ4n) is 2.04. The van der Waals surface area contributed by atoms with Gasteiger partial charge >= 0.3 is 0 Å². The van der Waals surface area contributed by atoms with Crippen molar-refractivity contribution in [3.63, 3.8) is 0 Å². The van der Waals surface area contributed by atoms with Crippen molar-refractivity contribution in [3.8, 4) is 11.8 Å². The lowest BCUT2D eigenvalue weighted by atomic mass is 10.1. The molecule has 1 heterocycles. The molecule has 21 heavy (non-hydrogen) atoms. The molecule has 0 saturated carbocycles. The lowest BCUT2D eigenvalue weighted by molar-refractivity contribution is 0.270. The van der Waals surface area contributed by atoms with E-state index in [1.165, 1.54) is 10.9 Å². The van der Waals surface area contributed by atoms with Crippen molar-refractivity contribution in [2.45, 2.75) is 20.0 Å². The average molecular weight is 303 g/mol. The van der Waals surface area contributed by atoms with E-state index < -0.39 is 0 Å². The van der Waals surface area contributed by atoms with E-state index in [4.69, 9.17) is 5.11 Å². The first kappa shape index (κ1) is 15.7. The van der Waals surface area contributed by atoms with Crippen molar-refractivity contribution in [2.24, 2.45) is 0 Å². The van der Waals surface area contributed by atoms with Crippen LogP contribution in [0.5, 0.6) is 0 Å². The molecule has 0 radical (unpaired) electrons. The third-order valence-electron chi connectivity index (χ3n) is 3.17. The van der Waals surface area contributed by atoms with Crippen LogP contribution < -0.4 is 0 Å². The van der Waals surface area contributed by atoms with Gasteiger partial charge in [-0.15, -0.1) is 11.3 Å². The monoisotopic (exact) mass is 303 g/mol. The largest absolute Gasteiger partial charge is 0.384 e. The molecule has 1 aromatic carbocycles. The first-order valence-corrected chi connectivity index (χ1v) is 7.73. The van der Waals surface area contributed by atoms with E-state index in [1.54, 1.807) is 23.5 Å². The zero-order valence-electron chi connectivity index (χ0n) is 12.0. The van der Waals surface area contributed by atoms with E-state index in [2.05, 4.69) is 35.1 Å². The summed E-state index contributed by atoms with van der Waals surface area (Å²) in [5.74, 6) is 4.99. The summed E-state index contributed by atoms with van der Waals surface area (Å²) in [4.78, 5) is 3.48. The third kappa shape index (κ3) is 4.68. The summed E-state index contributed by atoms with van der Waals surface area (Å²) in [6, 6.07) is 9.12. The predicted molar refractivity (Wildman–Crippen MR) is 84.5 cm³/mol. The van der Waals surface area contributed by atoms with Gasteiger partial charge in [-0.25, -0.2) is 4.39 Å². The second-order valence-corrected chi connectivity index (χ2v) is 5.68. The molecule has 0 fully saturated rings. The molecule has 1 N–H and O–H groups in total. The molecule has 4 heteroatoms. The number of halogens is 1. The Morgan fingerprint density at radius 1 is 1.29 bits per heavy atom. The zero-order chi connectivity index (χ0) is 15.1. The molecule has 2 aromatic rings. The molecule has 2 rings (SSSR count). The minimum atomic E-state index is -0.246. The highest BCUT2D eigenvalue weighted by Crippen LogP contribution is 2.16. The van der Waals surface area contributed by atoms with E-state index >= 15 is 0 Å². The molecule has 2 nitrogen and oxygen atoms in total. The molecule has 0 saturated heterocycles. The second kappa shape index (κ2) is 7.94. The van der Waals surface area contributed by atoms with Gasteiger partial charge in [-0.2, -0.15) is 0 Å². The van der Waals surface area contributed by atoms with Crippen LogP contribution in [0.4, 0.5) is 4.39 Å². The molecule has 0 atom stereocenters. The highest BCUT2D eigenvalue weighted by Gasteiger charge is 2.09. The highest BCUT2D eigenvalue weighted by atomic mass is 32.1. The topological polar surface area (TPSA) is 23.5 Å². The minimum absolute atomic E-state index is 0.214. The van der Waals surface area contributed by atoms with Gasteiger partial charge in [0, 0.05) is 29.1 Å². The third-order valence-corrected chi connectivity index (χ3v) is 4.03. The molecule has 0 amide bonds. The van der Waals surface area contributed by atoms with Crippen LogP contribution in [0.25, 0.3) is 0 Å². The van der Waals surface area contributed by atoms with Gasteiger partial charge in [-0.05, 0) is 30.1 Å². The summed E-state index contributed by atoms with van der Waals surface area (Å²) < 4.78 is 14.1. The quantitative estimate of drug-likeness (QED) is 0.857. The van der Waals surface area contributed by atoms with Crippen LogP contribution in [0.2, 0.25) is 0 Å². The van der Waals surface area contributed by atoms with Gasteiger partial charge in [-0.1, -0.05) is 30.9 Å². The van der Waals surface area contributed by atoms with Crippen LogP contribution in [-0.4, -0.2) is 23.2 Å². The second-order valence-electron chi connectivity index (χ2n) is 4.65. The normalized spacial score (nSPS) is 10.5. The summed E-state index contributed by atoms with van der Waals surface area (Å²) in [5.41, 5.74) is 1.26. The van der Waals surface area contributed by atoms with Gasteiger partial charge in [0.25, 0.3) is 0 Å². The van der Waals surface area contributed by atoms with Crippen molar-refractivity contribution in [3.05, 3.63) is 57.5 Å². The molecule has 0 unspecified atom stereocenters. The SMILES string of the molecule is CCN(Cc1cccs1)Cc1ccc(C#CCO)cc1F. The molecule has 0 aliphatic heterocycles. The van der Waals surface area contributed by atoms with Crippen LogP contribution in [0.15, 0.2) is 35.7 Å². The van der Waals surface area contributed by atoms with Crippen LogP contribution in [0.3, 0.4) is 0 Å². The Hall–Kier alpha value is -1.67. The minimum Gasteiger partial charge on any atom is -0.384 e. The Kier molecular flexibility index (Phi) is 5.94. The van der Waals surface area contributed by atoms with E-state index in [1.807, 2.05) is 6.07 Å². The lowest BCUT2D eigenvalue weighted by Gasteiger charge is -2.20. The van der Waals surface area contributed by atoms with Crippen LogP contribution in [0, 0.1) is 17.7 Å². The van der Waals surface area contributed by atoms with Crippen molar-refractivity contribution < 1.29 is 9.50 Å². The number of aliphatic hydroxyl groups is 1. The Bertz CT molecular complexity index is 628. The van der Waals surface area contributed by atoms with Crippen LogP contribution in [-0.2, 0) is 13.1 Å². The average Bonchev–Trinajstić information content (AvgIpc) is 2.99. The van der Waals surface area contributed by atoms with Gasteiger partial charge in [0.05, 0.1) is 0 Å². The summed E-state index contributed by atoms with van der Waals surface area (Å²) in [6.45, 7) is 4.14. The smallest absolute Gasteiger partial charge is 0.128 e. The molecule has 0 spiro atoms. The molecule has 110 valence electrons. The number of hydrogen-bond donors (Lipinski definition) is 1. The summed E-state index contributed by atoms with van der Waals surface area (Å²) >= 11 is 1.72. The number of hydrogen-bond acceptors (Lipinski definition) is 3. The van der Waals surface area contributed by atoms with Crippen molar-refractivity contribution in [2.75, 3.05) is 13.2 Å². The predicted octanol–water partition coefficient (Wildman–Crippen LogP) is 3.25. The first-order valence-electron chi connectivity index (χ1n) is 6.85. The number of thiophene rings is 1. The fourth-order valence-corrected chi connectivity index (χ4v) is 2.78. The Labute approximate surface area is 128 Å². The van der Waals surface area contributed by atoms with Gasteiger partial charge < -0.3 is 5.11 Å². The summed E-state index contributed by atoms with van der Waals surface area (Å²) in [5, 5.41) is 10.7. The maximum atomic E-state index is 14.1. The fraction of sp³-hybridized carbons (Fsp3) is 0.294. The van der Waals surface area contributed by atoms with Crippen molar-refractivity contribution >= 4 is 11.3 Å². The molecule has 0 aliphatic rings. The number of rotatable bonds is 5. The van der Waals surface area contributed by atoms with E-state index in [9.17, 15) is 4.39 Å². The Morgan fingerprint density at radius 2 is 2.14 bits per heavy atom. The van der Waals surface area contributed by atoms with Gasteiger partial charge in [0.2, 0.25) is 0 Å². The van der Waals surface area contributed by atoms with E-state index in [-0.39, 0.29) is 12.4 Å². The maximum Gasteiger partial charge on any atom is 0.128 e. The number of aliphatic hydroxyl groups excluding tert-OH is 1. The van der Waals surface area contributed by atoms with Gasteiger partial charge in [0.1, 0.15) is 12.4 Å². The van der Waals surface area contributed by atoms with Crippen molar-refractivity contribution in [1.82, 2.24) is 4.90 Å². The Morgan fingerprint density at radius 3 is 2.76 bits per heavy atom. The molecule has 0 aliphatic carbocycles. The maximum absolute atomic E-state index is 14.1. The van der Waals surface area contributed by atoms with Crippen LogP contribution in [0.1, 0.15) is 22.9 Å². The first-order chi connectivity index (χ1) is 10.2. The van der Waals surface area contributed by atoms with Gasteiger partial charge in [-0.3, -0.25) is 4.90 Å². The van der Waals surface area contributed by atoms with E-state index in [0.717, 1.165) is 13.1 Å². The highest BCUT2D eigenvalue weighted by molar-refractivity contribution is 7.09. The standard InChI is InChI=1S/C17H18FNOS/c1-2-19(13-16-6-4-10-21-16)12-15-8-7-14(5-3-9-20)11-17(15)18/h4,6-8,10-11,20H,2,9,12-13H2,1H3. The summed E-state index contributed by atoms with van der Waals surface area (Å²) in [6.07, 6.45) is 0.